The smallest absolute Gasteiger partial charge is 0.480 e. The summed E-state index contributed by atoms with van der Waals surface area (Å²) in [7, 11) is 0. The molecule has 0 saturated heterocycles. The van der Waals surface area contributed by atoms with E-state index in [1.165, 1.54) is 12.1 Å². The Kier molecular flexibility index (Phi) is 6.62. The number of halogens is 3. The number of carboxylic acids is 1. The number of alkyl halides is 3. The fourth-order valence-corrected chi connectivity index (χ4v) is 1.78. The van der Waals surface area contributed by atoms with Gasteiger partial charge in [-0.3, -0.25) is 4.79 Å². The third-order valence-electron chi connectivity index (χ3n) is 2.81. The average molecular weight is 331 g/mol. The van der Waals surface area contributed by atoms with E-state index >= 15 is 0 Å². The van der Waals surface area contributed by atoms with Crippen molar-refractivity contribution in [2.45, 2.75) is 31.7 Å². The molecule has 1 amide bonds. The maximum atomic E-state index is 12.0. The van der Waals surface area contributed by atoms with E-state index < -0.39 is 30.0 Å². The van der Waals surface area contributed by atoms with Crippen LogP contribution in [0.4, 0.5) is 13.2 Å². The highest BCUT2D eigenvalue weighted by molar-refractivity contribution is 5.84. The molecular weight excluding hydrogens is 315 g/mol. The van der Waals surface area contributed by atoms with Crippen LogP contribution in [0.5, 0.6) is 5.75 Å². The number of carbonyl (C=O) groups excluding carboxylic acids is 1. The van der Waals surface area contributed by atoms with E-state index in [4.69, 9.17) is 5.11 Å². The van der Waals surface area contributed by atoms with Gasteiger partial charge in [0.1, 0.15) is 11.8 Å². The van der Waals surface area contributed by atoms with Crippen LogP contribution in [0.1, 0.15) is 18.4 Å². The number of nitrogens with one attached hydrogen (secondary N) is 1. The van der Waals surface area contributed by atoms with E-state index in [1.807, 2.05) is 0 Å². The minimum Gasteiger partial charge on any atom is -0.480 e. The van der Waals surface area contributed by atoms with Gasteiger partial charge in [0.15, 0.2) is 0 Å². The number of aliphatic carboxylic acids is 1. The van der Waals surface area contributed by atoms with Crippen LogP contribution >= 0.6 is 0 Å². The number of rotatable bonds is 8. The van der Waals surface area contributed by atoms with Crippen LogP contribution in [0, 0.1) is 0 Å². The standard InChI is InChI=1S/C15H16F3NO4/c1-2-3-4-12(14(21)22)19-13(20)9-10-5-7-11(8-6-10)23-15(16,17)18/h2,5-8,12H,1,3-4,9H2,(H,19,20)(H,21,22). The van der Waals surface area contributed by atoms with Crippen molar-refractivity contribution in [2.24, 2.45) is 0 Å². The first-order valence-corrected chi connectivity index (χ1v) is 6.69. The lowest BCUT2D eigenvalue weighted by Crippen LogP contribution is -2.41. The van der Waals surface area contributed by atoms with Crippen molar-refractivity contribution in [1.29, 1.82) is 0 Å². The van der Waals surface area contributed by atoms with E-state index in [2.05, 4.69) is 16.6 Å². The summed E-state index contributed by atoms with van der Waals surface area (Å²) in [6, 6.07) is 3.75. The molecule has 1 atom stereocenters. The van der Waals surface area contributed by atoms with Crippen LogP contribution in [0.15, 0.2) is 36.9 Å². The lowest BCUT2D eigenvalue weighted by atomic mass is 10.1. The van der Waals surface area contributed by atoms with Crippen LogP contribution in [-0.4, -0.2) is 29.4 Å². The fourth-order valence-electron chi connectivity index (χ4n) is 1.78. The number of carbonyl (C=O) groups is 2. The van der Waals surface area contributed by atoms with Crippen molar-refractivity contribution in [3.05, 3.63) is 42.5 Å². The molecule has 0 aliphatic heterocycles. The second-order valence-corrected chi connectivity index (χ2v) is 4.69. The second kappa shape index (κ2) is 8.21. The van der Waals surface area contributed by atoms with Gasteiger partial charge >= 0.3 is 12.3 Å². The number of hydrogen-bond acceptors (Lipinski definition) is 3. The number of amides is 1. The summed E-state index contributed by atoms with van der Waals surface area (Å²) in [5.41, 5.74) is 0.435. The van der Waals surface area contributed by atoms with Crippen molar-refractivity contribution >= 4 is 11.9 Å². The lowest BCUT2D eigenvalue weighted by Gasteiger charge is -2.14. The zero-order chi connectivity index (χ0) is 17.5. The topological polar surface area (TPSA) is 75.6 Å². The van der Waals surface area contributed by atoms with E-state index in [0.29, 0.717) is 12.0 Å². The molecule has 0 aromatic heterocycles. The van der Waals surface area contributed by atoms with E-state index in [9.17, 15) is 22.8 Å². The van der Waals surface area contributed by atoms with E-state index in [0.717, 1.165) is 12.1 Å². The molecule has 23 heavy (non-hydrogen) atoms. The van der Waals surface area contributed by atoms with Gasteiger partial charge in [0.25, 0.3) is 0 Å². The third kappa shape index (κ3) is 7.35. The number of allylic oxidation sites excluding steroid dienone is 1. The summed E-state index contributed by atoms with van der Waals surface area (Å²) in [5.74, 6) is -2.09. The normalized spacial score (nSPS) is 12.3. The molecule has 0 bridgehead atoms. The molecule has 0 aliphatic carbocycles. The Morgan fingerprint density at radius 1 is 1.30 bits per heavy atom. The molecule has 0 saturated carbocycles. The van der Waals surface area contributed by atoms with Crippen LogP contribution in [0.2, 0.25) is 0 Å². The Balaban J connectivity index is 2.59. The molecule has 0 radical (unpaired) electrons. The maximum absolute atomic E-state index is 12.0. The number of carboxylic acid groups (broad SMARTS) is 1. The molecule has 1 aromatic carbocycles. The molecule has 0 heterocycles. The second-order valence-electron chi connectivity index (χ2n) is 4.69. The summed E-state index contributed by atoms with van der Waals surface area (Å²) in [6.45, 7) is 3.47. The summed E-state index contributed by atoms with van der Waals surface area (Å²) >= 11 is 0. The minimum atomic E-state index is -4.78. The summed E-state index contributed by atoms with van der Waals surface area (Å²) in [5, 5.41) is 11.3. The molecule has 0 aliphatic rings. The molecule has 8 heteroatoms. The van der Waals surface area contributed by atoms with Gasteiger partial charge in [-0.25, -0.2) is 4.79 Å². The van der Waals surface area contributed by atoms with Gasteiger partial charge in [0.05, 0.1) is 6.42 Å². The Labute approximate surface area is 130 Å². The number of hydrogen-bond donors (Lipinski definition) is 2. The Hall–Kier alpha value is -2.51. The first-order valence-electron chi connectivity index (χ1n) is 6.69. The molecular formula is C15H16F3NO4. The van der Waals surface area contributed by atoms with Crippen LogP contribution in [0.25, 0.3) is 0 Å². The monoisotopic (exact) mass is 331 g/mol. The van der Waals surface area contributed by atoms with Gasteiger partial charge in [0, 0.05) is 0 Å². The summed E-state index contributed by atoms with van der Waals surface area (Å²) in [6.07, 6.45) is -2.74. The third-order valence-corrected chi connectivity index (χ3v) is 2.81. The van der Waals surface area contributed by atoms with Gasteiger partial charge in [-0.2, -0.15) is 0 Å². The highest BCUT2D eigenvalue weighted by Crippen LogP contribution is 2.22. The predicted octanol–water partition coefficient (Wildman–Crippen LogP) is 2.66. The van der Waals surface area contributed by atoms with Gasteiger partial charge in [-0.15, -0.1) is 19.8 Å². The predicted molar refractivity (Wildman–Crippen MR) is 75.8 cm³/mol. The minimum absolute atomic E-state index is 0.149. The molecule has 0 fully saturated rings. The molecule has 5 nitrogen and oxygen atoms in total. The quantitative estimate of drug-likeness (QED) is 0.718. The summed E-state index contributed by atoms with van der Waals surface area (Å²) < 4.78 is 39.8. The number of benzene rings is 1. The van der Waals surface area contributed by atoms with Gasteiger partial charge < -0.3 is 15.2 Å². The van der Waals surface area contributed by atoms with Crippen LogP contribution < -0.4 is 10.1 Å². The largest absolute Gasteiger partial charge is 0.573 e. The average Bonchev–Trinajstić information content (AvgIpc) is 2.43. The molecule has 1 aromatic rings. The molecule has 2 N–H and O–H groups in total. The molecule has 1 rings (SSSR count). The molecule has 126 valence electrons. The van der Waals surface area contributed by atoms with Gasteiger partial charge in [-0.1, -0.05) is 18.2 Å². The Morgan fingerprint density at radius 3 is 2.39 bits per heavy atom. The fraction of sp³-hybridized carbons (Fsp3) is 0.333. The van der Waals surface area contributed by atoms with E-state index in [1.54, 1.807) is 6.08 Å². The highest BCUT2D eigenvalue weighted by Gasteiger charge is 2.31. The van der Waals surface area contributed by atoms with Gasteiger partial charge in [-0.05, 0) is 30.5 Å². The lowest BCUT2D eigenvalue weighted by molar-refractivity contribution is -0.274. The zero-order valence-corrected chi connectivity index (χ0v) is 12.1. The van der Waals surface area contributed by atoms with Crippen LogP contribution in [0.3, 0.4) is 0 Å². The van der Waals surface area contributed by atoms with Crippen molar-refractivity contribution < 1.29 is 32.6 Å². The Morgan fingerprint density at radius 2 is 1.91 bits per heavy atom. The van der Waals surface area contributed by atoms with Crippen molar-refractivity contribution in [2.75, 3.05) is 0 Å². The first-order chi connectivity index (χ1) is 10.7. The zero-order valence-electron chi connectivity index (χ0n) is 12.1. The SMILES string of the molecule is C=CCCC(NC(=O)Cc1ccc(OC(F)(F)F)cc1)C(=O)O. The first kappa shape index (κ1) is 18.5. The number of ether oxygens (including phenoxy) is 1. The maximum Gasteiger partial charge on any atom is 0.573 e. The highest BCUT2D eigenvalue weighted by atomic mass is 19.4. The summed E-state index contributed by atoms with van der Waals surface area (Å²) in [4.78, 5) is 22.8. The van der Waals surface area contributed by atoms with Crippen molar-refractivity contribution in [3.63, 3.8) is 0 Å². The van der Waals surface area contributed by atoms with Crippen molar-refractivity contribution in [3.8, 4) is 5.75 Å². The molecule has 1 unspecified atom stereocenters. The molecule has 0 spiro atoms. The van der Waals surface area contributed by atoms with Crippen molar-refractivity contribution in [1.82, 2.24) is 5.32 Å². The van der Waals surface area contributed by atoms with E-state index in [-0.39, 0.29) is 12.8 Å². The van der Waals surface area contributed by atoms with Gasteiger partial charge in [0.2, 0.25) is 5.91 Å². The van der Waals surface area contributed by atoms with Crippen LogP contribution in [-0.2, 0) is 16.0 Å². The Bertz CT molecular complexity index is 555.